The van der Waals surface area contributed by atoms with Crippen LogP contribution in [0.5, 0.6) is 0 Å². The Labute approximate surface area is 307 Å². The average Bonchev–Trinajstić information content (AvgIpc) is 3.19. The van der Waals surface area contributed by atoms with Gasteiger partial charge >= 0.3 is 309 Å². The summed E-state index contributed by atoms with van der Waals surface area (Å²) >= 11 is 0. The maximum atomic E-state index is 15.2. The molecule has 0 atom stereocenters. The van der Waals surface area contributed by atoms with Gasteiger partial charge in [0.15, 0.2) is 0 Å². The van der Waals surface area contributed by atoms with Crippen molar-refractivity contribution >= 4 is 57.4 Å². The molecule has 0 bridgehead atoms. The molecule has 266 valence electrons. The molecule has 6 aromatic rings. The summed E-state index contributed by atoms with van der Waals surface area (Å²) in [7, 11) is 7.86. The SMILES string of the molecule is CN(C)CP(OC(=O)C(=O)OP(CN(C)C)(c1ccccc1)(c1ccccc1)c1ccccc1)(c1ccccc1)(c1ccccc1)c1ccccc1. The van der Waals surface area contributed by atoms with E-state index in [-0.39, 0.29) is 0 Å². The van der Waals surface area contributed by atoms with Gasteiger partial charge in [-0.3, -0.25) is 0 Å². The molecule has 52 heavy (non-hydrogen) atoms. The molecular weight excluding hydrogens is 682 g/mol. The zero-order chi connectivity index (χ0) is 36.7. The van der Waals surface area contributed by atoms with Gasteiger partial charge in [0, 0.05) is 0 Å². The van der Waals surface area contributed by atoms with Crippen LogP contribution in [-0.2, 0) is 18.6 Å². The van der Waals surface area contributed by atoms with Gasteiger partial charge in [-0.25, -0.2) is 0 Å². The number of nitrogens with zero attached hydrogens (tertiary/aromatic N) is 2. The molecule has 0 saturated heterocycles. The van der Waals surface area contributed by atoms with E-state index in [0.717, 1.165) is 31.8 Å². The normalized spacial score (nSPS) is 13.3. The first-order valence-electron chi connectivity index (χ1n) is 17.3. The summed E-state index contributed by atoms with van der Waals surface area (Å²) < 4.78 is 14.3. The molecule has 0 heterocycles. The zero-order valence-electron chi connectivity index (χ0n) is 30.2. The summed E-state index contributed by atoms with van der Waals surface area (Å²) in [5.74, 6) is -2.10. The van der Waals surface area contributed by atoms with Gasteiger partial charge in [0.05, 0.1) is 0 Å². The first kappa shape index (κ1) is 36.8. The van der Waals surface area contributed by atoms with E-state index in [4.69, 9.17) is 9.05 Å². The van der Waals surface area contributed by atoms with E-state index in [1.165, 1.54) is 0 Å². The van der Waals surface area contributed by atoms with Crippen LogP contribution in [0.2, 0.25) is 0 Å². The van der Waals surface area contributed by atoms with Gasteiger partial charge in [-0.15, -0.1) is 0 Å². The number of benzene rings is 6. The molecule has 0 N–H and O–H groups in total. The fourth-order valence-corrected chi connectivity index (χ4v) is 19.1. The van der Waals surface area contributed by atoms with Gasteiger partial charge in [0.2, 0.25) is 0 Å². The van der Waals surface area contributed by atoms with E-state index in [9.17, 15) is 0 Å². The third-order valence-corrected chi connectivity index (χ3v) is 21.3. The predicted molar refractivity (Wildman–Crippen MR) is 220 cm³/mol. The van der Waals surface area contributed by atoms with Crippen LogP contribution in [0.3, 0.4) is 0 Å². The molecule has 0 aliphatic carbocycles. The van der Waals surface area contributed by atoms with Crippen LogP contribution in [0.1, 0.15) is 0 Å². The van der Waals surface area contributed by atoms with Crippen LogP contribution < -0.4 is 31.8 Å². The second kappa shape index (κ2) is 14.9. The molecule has 0 saturated carbocycles. The molecule has 0 aliphatic heterocycles. The van der Waals surface area contributed by atoms with Crippen molar-refractivity contribution in [2.24, 2.45) is 0 Å². The van der Waals surface area contributed by atoms with Crippen LogP contribution in [0.15, 0.2) is 182 Å². The van der Waals surface area contributed by atoms with Crippen molar-refractivity contribution in [2.75, 3.05) is 40.8 Å². The van der Waals surface area contributed by atoms with Gasteiger partial charge < -0.3 is 0 Å². The van der Waals surface area contributed by atoms with Gasteiger partial charge in [-0.05, 0) is 0 Å². The van der Waals surface area contributed by atoms with Crippen LogP contribution in [-0.4, -0.2) is 62.5 Å². The van der Waals surface area contributed by atoms with E-state index in [0.29, 0.717) is 12.6 Å². The molecule has 6 rings (SSSR count). The van der Waals surface area contributed by atoms with Crippen molar-refractivity contribution in [3.63, 3.8) is 0 Å². The predicted octanol–water partition coefficient (Wildman–Crippen LogP) is 6.00. The Morgan fingerprint density at radius 3 is 0.692 bits per heavy atom. The molecule has 0 radical (unpaired) electrons. The number of rotatable bonds is 12. The van der Waals surface area contributed by atoms with Crippen molar-refractivity contribution in [1.82, 2.24) is 9.80 Å². The summed E-state index contributed by atoms with van der Waals surface area (Å²) in [5.41, 5.74) is 0. The van der Waals surface area contributed by atoms with Crippen LogP contribution in [0.25, 0.3) is 0 Å². The molecule has 0 unspecified atom stereocenters. The van der Waals surface area contributed by atoms with E-state index in [2.05, 4.69) is 0 Å². The van der Waals surface area contributed by atoms with E-state index >= 15 is 9.59 Å². The van der Waals surface area contributed by atoms with Gasteiger partial charge in [-0.1, -0.05) is 0 Å². The monoisotopic (exact) mass is 728 g/mol. The van der Waals surface area contributed by atoms with E-state index in [1.54, 1.807) is 0 Å². The molecule has 0 fully saturated rings. The minimum atomic E-state index is -4.29. The average molecular weight is 729 g/mol. The Balaban J connectivity index is 1.65. The second-order valence-corrected chi connectivity index (χ2v) is 22.5. The summed E-state index contributed by atoms with van der Waals surface area (Å²) in [6.45, 7) is -8.58. The Morgan fingerprint density at radius 2 is 0.538 bits per heavy atom. The second-order valence-electron chi connectivity index (χ2n) is 13.6. The number of hydrogen-bond donors (Lipinski definition) is 0. The Hall–Kier alpha value is -4.96. The van der Waals surface area contributed by atoms with Crippen LogP contribution in [0.4, 0.5) is 0 Å². The van der Waals surface area contributed by atoms with Crippen molar-refractivity contribution in [3.8, 4) is 0 Å². The number of carbonyl (C=O) groups excluding carboxylic acids is 2. The zero-order valence-corrected chi connectivity index (χ0v) is 31.9. The summed E-state index contributed by atoms with van der Waals surface area (Å²) in [5, 5.41) is 4.92. The van der Waals surface area contributed by atoms with Crippen LogP contribution in [0, 0.1) is 0 Å². The molecule has 0 aliphatic rings. The number of hydrogen-bond acceptors (Lipinski definition) is 6. The van der Waals surface area contributed by atoms with E-state index in [1.807, 2.05) is 220 Å². The minimum absolute atomic E-state index is 0.319. The fraction of sp³-hybridized carbons (Fsp3) is 0.136. The molecular formula is C44H46N2O4P2. The van der Waals surface area contributed by atoms with E-state index < -0.39 is 25.6 Å². The number of carbonyl (C=O) groups is 2. The topological polar surface area (TPSA) is 59.1 Å². The Kier molecular flexibility index (Phi) is 10.6. The molecule has 6 nitrogen and oxygen atoms in total. The first-order chi connectivity index (χ1) is 25.1. The standard InChI is InChI=1S/C44H46N2O4P2/c1-45(2)35-51(37-23-11-5-12-24-37,38-25-13-6-14-26-38,39-27-15-7-16-28-39)49-43(47)44(48)50-52(36-46(3)4,40-29-17-8-18-30-40,41-31-19-9-20-32-41)42-33-21-10-22-34-42/h5-34H,35-36H2,1-4H3. The molecule has 0 aromatic heterocycles. The third kappa shape index (κ3) is 6.16. The van der Waals surface area contributed by atoms with Crippen molar-refractivity contribution < 1.29 is 18.6 Å². The van der Waals surface area contributed by atoms with Gasteiger partial charge in [0.1, 0.15) is 0 Å². The van der Waals surface area contributed by atoms with Crippen LogP contribution >= 0.6 is 13.7 Å². The maximum absolute atomic E-state index is 15.2. The quantitative estimate of drug-likeness (QED) is 0.114. The molecule has 6 aromatic carbocycles. The Morgan fingerprint density at radius 1 is 0.365 bits per heavy atom. The summed E-state index contributed by atoms with van der Waals surface area (Å²) in [4.78, 5) is 34.4. The molecule has 0 spiro atoms. The molecule has 0 amide bonds. The van der Waals surface area contributed by atoms with Crippen molar-refractivity contribution in [2.45, 2.75) is 0 Å². The summed E-state index contributed by atoms with van der Waals surface area (Å²) in [6.07, 6.45) is 0.639. The molecule has 8 heteroatoms. The first-order valence-corrected chi connectivity index (χ1v) is 22.0. The fourth-order valence-electron chi connectivity index (χ4n) is 7.74. The van der Waals surface area contributed by atoms with Crippen molar-refractivity contribution in [3.05, 3.63) is 182 Å². The third-order valence-electron chi connectivity index (χ3n) is 9.66. The summed E-state index contributed by atoms with van der Waals surface area (Å²) in [6, 6.07) is 59.2. The van der Waals surface area contributed by atoms with Crippen molar-refractivity contribution in [1.29, 1.82) is 0 Å². The van der Waals surface area contributed by atoms with Gasteiger partial charge in [-0.2, -0.15) is 0 Å². The van der Waals surface area contributed by atoms with Gasteiger partial charge in [0.25, 0.3) is 0 Å². The Bertz CT molecular complexity index is 1750.